The zero-order chi connectivity index (χ0) is 21.6. The molecule has 7 nitrogen and oxygen atoms in total. The predicted octanol–water partition coefficient (Wildman–Crippen LogP) is 3.54. The van der Waals surface area contributed by atoms with Crippen molar-refractivity contribution in [3.8, 4) is 0 Å². The highest BCUT2D eigenvalue weighted by Gasteiger charge is 2.41. The van der Waals surface area contributed by atoms with Crippen LogP contribution < -0.4 is 5.43 Å². The van der Waals surface area contributed by atoms with Gasteiger partial charge in [-0.25, -0.2) is 20.0 Å². The first-order chi connectivity index (χ1) is 13.6. The summed E-state index contributed by atoms with van der Waals surface area (Å²) in [5.41, 5.74) is 3.84. The third kappa shape index (κ3) is 5.57. The molecule has 0 aliphatic carbocycles. The van der Waals surface area contributed by atoms with Crippen LogP contribution in [0.3, 0.4) is 0 Å². The second-order valence-electron chi connectivity index (χ2n) is 7.24. The molecule has 0 saturated heterocycles. The van der Waals surface area contributed by atoms with Crippen molar-refractivity contribution in [2.75, 3.05) is 7.11 Å². The van der Waals surface area contributed by atoms with Gasteiger partial charge in [0.15, 0.2) is 5.54 Å². The van der Waals surface area contributed by atoms with Gasteiger partial charge in [-0.05, 0) is 45.4 Å². The SMILES string of the molecule is COC(=O)C(C)(C)N(NC(=O)OCc1ccccc1)C(=O)c1cc(C)cc(C)c1. The zero-order valence-corrected chi connectivity index (χ0v) is 17.3. The van der Waals surface area contributed by atoms with E-state index in [4.69, 9.17) is 9.47 Å². The summed E-state index contributed by atoms with van der Waals surface area (Å²) in [6.45, 7) is 6.72. The highest BCUT2D eigenvalue weighted by Crippen LogP contribution is 2.19. The van der Waals surface area contributed by atoms with E-state index in [1.807, 2.05) is 50.2 Å². The van der Waals surface area contributed by atoms with Crippen LogP contribution in [0, 0.1) is 13.8 Å². The lowest BCUT2D eigenvalue weighted by Crippen LogP contribution is -2.61. The van der Waals surface area contributed by atoms with Crippen LogP contribution in [0.2, 0.25) is 0 Å². The molecular weight excluding hydrogens is 372 g/mol. The standard InChI is InChI=1S/C22H26N2O5/c1-15-11-16(2)13-18(12-15)19(25)24(22(3,4)20(26)28-5)23-21(27)29-14-17-9-7-6-8-10-17/h6-13H,14H2,1-5H3,(H,23,27). The van der Waals surface area contributed by atoms with Gasteiger partial charge in [-0.1, -0.05) is 47.5 Å². The molecule has 29 heavy (non-hydrogen) atoms. The molecule has 0 fully saturated rings. The first kappa shape index (κ1) is 21.9. The van der Waals surface area contributed by atoms with Gasteiger partial charge in [-0.2, -0.15) is 0 Å². The molecular formula is C22H26N2O5. The maximum atomic E-state index is 13.2. The summed E-state index contributed by atoms with van der Waals surface area (Å²) in [4.78, 5) is 37.8. The second-order valence-corrected chi connectivity index (χ2v) is 7.24. The van der Waals surface area contributed by atoms with Crippen LogP contribution in [0.25, 0.3) is 0 Å². The Labute approximate surface area is 170 Å². The van der Waals surface area contributed by atoms with Crippen LogP contribution in [-0.4, -0.2) is 35.6 Å². The third-order valence-electron chi connectivity index (χ3n) is 4.33. The quantitative estimate of drug-likeness (QED) is 0.615. The van der Waals surface area contributed by atoms with E-state index in [-0.39, 0.29) is 6.61 Å². The molecule has 0 heterocycles. The van der Waals surface area contributed by atoms with Crippen molar-refractivity contribution in [2.24, 2.45) is 0 Å². The summed E-state index contributed by atoms with van der Waals surface area (Å²) in [6, 6.07) is 14.4. The molecule has 0 unspecified atom stereocenters. The maximum absolute atomic E-state index is 13.2. The molecule has 2 rings (SSSR count). The minimum absolute atomic E-state index is 0.0247. The van der Waals surface area contributed by atoms with Crippen molar-refractivity contribution < 1.29 is 23.9 Å². The molecule has 1 N–H and O–H groups in total. The summed E-state index contributed by atoms with van der Waals surface area (Å²) in [5.74, 6) is -1.23. The maximum Gasteiger partial charge on any atom is 0.426 e. The third-order valence-corrected chi connectivity index (χ3v) is 4.33. The van der Waals surface area contributed by atoms with Crippen molar-refractivity contribution in [3.05, 3.63) is 70.8 Å². The number of nitrogens with zero attached hydrogens (tertiary/aromatic N) is 1. The topological polar surface area (TPSA) is 84.9 Å². The average Bonchev–Trinajstić information content (AvgIpc) is 2.69. The molecule has 0 atom stereocenters. The number of amides is 2. The molecule has 0 spiro atoms. The molecule has 0 bridgehead atoms. The Hall–Kier alpha value is -3.35. The number of ether oxygens (including phenoxy) is 2. The van der Waals surface area contributed by atoms with Crippen LogP contribution in [-0.2, 0) is 20.9 Å². The van der Waals surface area contributed by atoms with Gasteiger partial charge in [0.1, 0.15) is 6.61 Å². The van der Waals surface area contributed by atoms with E-state index in [0.29, 0.717) is 5.56 Å². The van der Waals surface area contributed by atoms with E-state index >= 15 is 0 Å². The van der Waals surface area contributed by atoms with Crippen molar-refractivity contribution in [1.82, 2.24) is 10.4 Å². The number of carbonyl (C=O) groups is 3. The lowest BCUT2D eigenvalue weighted by atomic mass is 10.0. The summed E-state index contributed by atoms with van der Waals surface area (Å²) >= 11 is 0. The first-order valence-electron chi connectivity index (χ1n) is 9.13. The van der Waals surface area contributed by atoms with Gasteiger partial charge in [0.25, 0.3) is 5.91 Å². The summed E-state index contributed by atoms with van der Waals surface area (Å²) in [7, 11) is 1.22. The summed E-state index contributed by atoms with van der Waals surface area (Å²) in [6.07, 6.45) is -0.858. The Kier molecular flexibility index (Phi) is 6.98. The fraction of sp³-hybridized carbons (Fsp3) is 0.318. The zero-order valence-electron chi connectivity index (χ0n) is 17.3. The Balaban J connectivity index is 2.26. The van der Waals surface area contributed by atoms with Crippen molar-refractivity contribution in [3.63, 3.8) is 0 Å². The van der Waals surface area contributed by atoms with Gasteiger partial charge in [0.2, 0.25) is 0 Å². The van der Waals surface area contributed by atoms with Crippen LogP contribution in [0.15, 0.2) is 48.5 Å². The Bertz CT molecular complexity index is 873. The number of hydrogen-bond acceptors (Lipinski definition) is 5. The number of esters is 1. The monoisotopic (exact) mass is 398 g/mol. The molecule has 2 aromatic rings. The Morgan fingerprint density at radius 3 is 2.14 bits per heavy atom. The van der Waals surface area contributed by atoms with E-state index in [9.17, 15) is 14.4 Å². The smallest absolute Gasteiger partial charge is 0.426 e. The van der Waals surface area contributed by atoms with Crippen LogP contribution in [0.5, 0.6) is 0 Å². The molecule has 0 aromatic heterocycles. The molecule has 0 aliphatic heterocycles. The minimum atomic E-state index is -1.46. The first-order valence-corrected chi connectivity index (χ1v) is 9.13. The molecule has 2 aromatic carbocycles. The molecule has 7 heteroatoms. The number of rotatable bonds is 5. The summed E-state index contributed by atoms with van der Waals surface area (Å²) < 4.78 is 10.0. The van der Waals surface area contributed by atoms with Crippen molar-refractivity contribution >= 4 is 18.0 Å². The van der Waals surface area contributed by atoms with Gasteiger partial charge >= 0.3 is 12.1 Å². The Morgan fingerprint density at radius 2 is 1.59 bits per heavy atom. The van der Waals surface area contributed by atoms with Crippen LogP contribution in [0.4, 0.5) is 4.79 Å². The number of hydrogen-bond donors (Lipinski definition) is 1. The van der Waals surface area contributed by atoms with Gasteiger partial charge in [0.05, 0.1) is 7.11 Å². The number of carbonyl (C=O) groups excluding carboxylic acids is 3. The van der Waals surface area contributed by atoms with Crippen LogP contribution in [0.1, 0.15) is 40.9 Å². The lowest BCUT2D eigenvalue weighted by Gasteiger charge is -2.35. The molecule has 2 amide bonds. The van der Waals surface area contributed by atoms with E-state index in [2.05, 4.69) is 5.43 Å². The summed E-state index contributed by atoms with van der Waals surface area (Å²) in [5, 5.41) is 0.945. The Morgan fingerprint density at radius 1 is 1.00 bits per heavy atom. The van der Waals surface area contributed by atoms with Gasteiger partial charge in [-0.15, -0.1) is 0 Å². The second kappa shape index (κ2) is 9.23. The van der Waals surface area contributed by atoms with Crippen molar-refractivity contribution in [1.29, 1.82) is 0 Å². The number of benzene rings is 2. The molecule has 0 aliphatic rings. The van der Waals surface area contributed by atoms with E-state index in [0.717, 1.165) is 21.7 Å². The van der Waals surface area contributed by atoms with Crippen LogP contribution >= 0.6 is 0 Å². The molecule has 0 radical (unpaired) electrons. The fourth-order valence-corrected chi connectivity index (χ4v) is 2.86. The van der Waals surface area contributed by atoms with E-state index in [1.54, 1.807) is 12.1 Å². The van der Waals surface area contributed by atoms with Gasteiger partial charge < -0.3 is 9.47 Å². The largest absolute Gasteiger partial charge is 0.467 e. The molecule has 154 valence electrons. The minimum Gasteiger partial charge on any atom is -0.467 e. The van der Waals surface area contributed by atoms with Gasteiger partial charge in [0, 0.05) is 5.56 Å². The normalized spacial score (nSPS) is 10.8. The highest BCUT2D eigenvalue weighted by molar-refractivity contribution is 5.99. The van der Waals surface area contributed by atoms with Crippen molar-refractivity contribution in [2.45, 2.75) is 39.8 Å². The highest BCUT2D eigenvalue weighted by atomic mass is 16.6. The average molecular weight is 398 g/mol. The van der Waals surface area contributed by atoms with Gasteiger partial charge in [-0.3, -0.25) is 4.79 Å². The number of aryl methyl sites for hydroxylation is 2. The number of hydrazine groups is 1. The predicted molar refractivity (Wildman–Crippen MR) is 108 cm³/mol. The number of nitrogens with one attached hydrogen (secondary N) is 1. The number of methoxy groups -OCH3 is 1. The lowest BCUT2D eigenvalue weighted by molar-refractivity contribution is -0.152. The fourth-order valence-electron chi connectivity index (χ4n) is 2.86. The molecule has 0 saturated carbocycles. The van der Waals surface area contributed by atoms with E-state index in [1.165, 1.54) is 21.0 Å². The van der Waals surface area contributed by atoms with E-state index < -0.39 is 23.5 Å².